The molecule has 1 heterocycles. The summed E-state index contributed by atoms with van der Waals surface area (Å²) in [5.41, 5.74) is 2.15. The number of aryl methyl sites for hydroxylation is 2. The molecular weight excluding hydrogens is 276 g/mol. The summed E-state index contributed by atoms with van der Waals surface area (Å²) in [5.74, 6) is 2.07. The molecule has 0 unspecified atom stereocenters. The topological polar surface area (TPSA) is 59.8 Å². The van der Waals surface area contributed by atoms with E-state index in [2.05, 4.69) is 28.4 Å². The standard InChI is InChI=1S/C17H22N4O/c1-11-5-4-6-15(9-11)17-19-13(3)20-21(17)10-16(22)18-12(2)14-7-8-14/h4-6,9,12,14H,7-8,10H2,1-3H3,(H,18,22)/t12-/m0/s1. The van der Waals surface area contributed by atoms with E-state index >= 15 is 0 Å². The zero-order valence-electron chi connectivity index (χ0n) is 13.3. The monoisotopic (exact) mass is 298 g/mol. The van der Waals surface area contributed by atoms with Gasteiger partial charge in [0, 0.05) is 11.6 Å². The summed E-state index contributed by atoms with van der Waals surface area (Å²) in [6, 6.07) is 8.34. The van der Waals surface area contributed by atoms with Crippen molar-refractivity contribution in [2.24, 2.45) is 5.92 Å². The number of carbonyl (C=O) groups is 1. The minimum Gasteiger partial charge on any atom is -0.352 e. The van der Waals surface area contributed by atoms with Crippen LogP contribution in [0.15, 0.2) is 24.3 Å². The Morgan fingerprint density at radius 1 is 1.41 bits per heavy atom. The fraction of sp³-hybridized carbons (Fsp3) is 0.471. The van der Waals surface area contributed by atoms with E-state index in [0.717, 1.165) is 17.0 Å². The van der Waals surface area contributed by atoms with Crippen LogP contribution in [0.25, 0.3) is 11.4 Å². The molecular formula is C17H22N4O. The normalized spacial score (nSPS) is 15.6. The highest BCUT2D eigenvalue weighted by molar-refractivity contribution is 5.76. The van der Waals surface area contributed by atoms with Crippen molar-refractivity contribution in [2.45, 2.75) is 46.2 Å². The second-order valence-electron chi connectivity index (χ2n) is 6.20. The van der Waals surface area contributed by atoms with Gasteiger partial charge in [0.2, 0.25) is 5.91 Å². The summed E-state index contributed by atoms with van der Waals surface area (Å²) < 4.78 is 1.69. The lowest BCUT2D eigenvalue weighted by molar-refractivity contribution is -0.122. The molecule has 1 N–H and O–H groups in total. The summed E-state index contributed by atoms with van der Waals surface area (Å²) in [5, 5.41) is 7.43. The Morgan fingerprint density at radius 2 is 2.18 bits per heavy atom. The fourth-order valence-electron chi connectivity index (χ4n) is 2.71. The molecule has 1 aliphatic carbocycles. The van der Waals surface area contributed by atoms with Crippen LogP contribution < -0.4 is 5.32 Å². The first kappa shape index (κ1) is 14.8. The second-order valence-corrected chi connectivity index (χ2v) is 6.20. The Kier molecular flexibility index (Phi) is 3.96. The van der Waals surface area contributed by atoms with E-state index in [9.17, 15) is 4.79 Å². The van der Waals surface area contributed by atoms with Crippen molar-refractivity contribution in [3.8, 4) is 11.4 Å². The Hall–Kier alpha value is -2.17. The van der Waals surface area contributed by atoms with Gasteiger partial charge < -0.3 is 5.32 Å². The Balaban J connectivity index is 1.77. The van der Waals surface area contributed by atoms with E-state index < -0.39 is 0 Å². The zero-order valence-corrected chi connectivity index (χ0v) is 13.3. The van der Waals surface area contributed by atoms with E-state index in [0.29, 0.717) is 11.7 Å². The predicted molar refractivity (Wildman–Crippen MR) is 85.3 cm³/mol. The van der Waals surface area contributed by atoms with Crippen molar-refractivity contribution in [2.75, 3.05) is 0 Å². The molecule has 0 aliphatic heterocycles. The largest absolute Gasteiger partial charge is 0.352 e. The van der Waals surface area contributed by atoms with Crippen LogP contribution >= 0.6 is 0 Å². The number of benzene rings is 1. The minimum atomic E-state index is -0.00166. The molecule has 1 aliphatic rings. The molecule has 3 rings (SSSR count). The molecule has 0 spiro atoms. The van der Waals surface area contributed by atoms with E-state index in [4.69, 9.17) is 0 Å². The molecule has 22 heavy (non-hydrogen) atoms. The molecule has 5 heteroatoms. The van der Waals surface area contributed by atoms with Gasteiger partial charge >= 0.3 is 0 Å². The maximum Gasteiger partial charge on any atom is 0.242 e. The highest BCUT2D eigenvalue weighted by Gasteiger charge is 2.29. The second kappa shape index (κ2) is 5.91. The van der Waals surface area contributed by atoms with Gasteiger partial charge in [-0.15, -0.1) is 0 Å². The number of rotatable bonds is 5. The number of amides is 1. The first-order valence-electron chi connectivity index (χ1n) is 7.81. The van der Waals surface area contributed by atoms with Crippen LogP contribution in [0, 0.1) is 19.8 Å². The molecule has 0 bridgehead atoms. The van der Waals surface area contributed by atoms with Crippen molar-refractivity contribution in [3.05, 3.63) is 35.7 Å². The highest BCUT2D eigenvalue weighted by atomic mass is 16.2. The Morgan fingerprint density at radius 3 is 2.86 bits per heavy atom. The third-order valence-electron chi connectivity index (χ3n) is 4.07. The van der Waals surface area contributed by atoms with Crippen LogP contribution in [0.5, 0.6) is 0 Å². The van der Waals surface area contributed by atoms with Gasteiger partial charge in [-0.1, -0.05) is 23.8 Å². The number of carbonyl (C=O) groups excluding carboxylic acids is 1. The van der Waals surface area contributed by atoms with Crippen molar-refractivity contribution >= 4 is 5.91 Å². The summed E-state index contributed by atoms with van der Waals surface area (Å²) in [7, 11) is 0. The SMILES string of the molecule is Cc1cccc(-c2nc(C)nn2CC(=O)N[C@@H](C)C2CC2)c1. The van der Waals surface area contributed by atoms with Crippen LogP contribution in [-0.4, -0.2) is 26.7 Å². The third kappa shape index (κ3) is 3.35. The lowest BCUT2D eigenvalue weighted by atomic mass is 10.1. The molecule has 2 aromatic rings. The van der Waals surface area contributed by atoms with Gasteiger partial charge in [0.05, 0.1) is 0 Å². The van der Waals surface area contributed by atoms with Crippen LogP contribution in [0.3, 0.4) is 0 Å². The van der Waals surface area contributed by atoms with E-state index in [1.54, 1.807) is 4.68 Å². The Bertz CT molecular complexity index is 688. The molecule has 0 radical (unpaired) electrons. The van der Waals surface area contributed by atoms with Crippen molar-refractivity contribution in [1.82, 2.24) is 20.1 Å². The van der Waals surface area contributed by atoms with Crippen molar-refractivity contribution < 1.29 is 4.79 Å². The number of nitrogens with zero attached hydrogens (tertiary/aromatic N) is 3. The van der Waals surface area contributed by atoms with Crippen LogP contribution in [0.1, 0.15) is 31.2 Å². The molecule has 1 aromatic carbocycles. The van der Waals surface area contributed by atoms with Gasteiger partial charge in [-0.25, -0.2) is 9.67 Å². The quantitative estimate of drug-likeness (QED) is 0.922. The summed E-state index contributed by atoms with van der Waals surface area (Å²) >= 11 is 0. The molecule has 1 atom stereocenters. The van der Waals surface area contributed by atoms with Crippen LogP contribution in [0.4, 0.5) is 0 Å². The summed E-state index contributed by atoms with van der Waals surface area (Å²) in [4.78, 5) is 16.7. The van der Waals surface area contributed by atoms with Gasteiger partial charge in [0.15, 0.2) is 5.82 Å². The smallest absolute Gasteiger partial charge is 0.242 e. The first-order chi connectivity index (χ1) is 10.5. The number of hydrogen-bond acceptors (Lipinski definition) is 3. The number of nitrogens with one attached hydrogen (secondary N) is 1. The molecule has 1 fully saturated rings. The molecule has 1 saturated carbocycles. The maximum absolute atomic E-state index is 12.2. The Labute approximate surface area is 130 Å². The van der Waals surface area contributed by atoms with E-state index in [1.165, 1.54) is 12.8 Å². The number of hydrogen-bond donors (Lipinski definition) is 1. The molecule has 1 aromatic heterocycles. The molecule has 116 valence electrons. The van der Waals surface area contributed by atoms with E-state index in [-0.39, 0.29) is 18.5 Å². The van der Waals surface area contributed by atoms with Gasteiger partial charge in [-0.05, 0) is 45.6 Å². The first-order valence-corrected chi connectivity index (χ1v) is 7.81. The maximum atomic E-state index is 12.2. The number of aromatic nitrogens is 3. The van der Waals surface area contributed by atoms with Crippen molar-refractivity contribution in [1.29, 1.82) is 0 Å². The highest BCUT2D eigenvalue weighted by Crippen LogP contribution is 2.32. The summed E-state index contributed by atoms with van der Waals surface area (Å²) in [6.45, 7) is 6.17. The van der Waals surface area contributed by atoms with Gasteiger partial charge in [-0.2, -0.15) is 5.10 Å². The average molecular weight is 298 g/mol. The van der Waals surface area contributed by atoms with E-state index in [1.807, 2.05) is 32.0 Å². The van der Waals surface area contributed by atoms with Gasteiger partial charge in [-0.3, -0.25) is 4.79 Å². The average Bonchev–Trinajstić information content (AvgIpc) is 3.23. The van der Waals surface area contributed by atoms with Crippen LogP contribution in [0.2, 0.25) is 0 Å². The fourth-order valence-corrected chi connectivity index (χ4v) is 2.71. The predicted octanol–water partition coefficient (Wildman–Crippen LogP) is 2.48. The zero-order chi connectivity index (χ0) is 15.7. The molecule has 1 amide bonds. The third-order valence-corrected chi connectivity index (χ3v) is 4.07. The van der Waals surface area contributed by atoms with Gasteiger partial charge in [0.25, 0.3) is 0 Å². The van der Waals surface area contributed by atoms with Crippen LogP contribution in [-0.2, 0) is 11.3 Å². The molecule has 0 saturated heterocycles. The lowest BCUT2D eigenvalue weighted by Crippen LogP contribution is -2.36. The van der Waals surface area contributed by atoms with Crippen molar-refractivity contribution in [3.63, 3.8) is 0 Å². The minimum absolute atomic E-state index is 0.00166. The van der Waals surface area contributed by atoms with Gasteiger partial charge in [0.1, 0.15) is 12.4 Å². The molecule has 5 nitrogen and oxygen atoms in total. The lowest BCUT2D eigenvalue weighted by Gasteiger charge is -2.13. The summed E-state index contributed by atoms with van der Waals surface area (Å²) in [6.07, 6.45) is 2.44.